The molecule has 0 unspecified atom stereocenters. The van der Waals surface area contributed by atoms with E-state index in [1.54, 1.807) is 0 Å². The Bertz CT molecular complexity index is 262. The average Bonchev–Trinajstić information content (AvgIpc) is 2.16. The molecule has 13 heavy (non-hydrogen) atoms. The molecule has 0 aliphatic heterocycles. The molecule has 0 N–H and O–H groups in total. The van der Waals surface area contributed by atoms with E-state index in [0.29, 0.717) is 0 Å². The van der Waals surface area contributed by atoms with Gasteiger partial charge in [0.2, 0.25) is 0 Å². The minimum atomic E-state index is 0.957. The van der Waals surface area contributed by atoms with Crippen LogP contribution in [-0.2, 0) is 6.42 Å². The first-order valence-electron chi connectivity index (χ1n) is 4.86. The fourth-order valence-electron chi connectivity index (χ4n) is 1.25. The number of aliphatic imine (C=N–C) groups is 1. The van der Waals surface area contributed by atoms with Crippen LogP contribution in [0.25, 0.3) is 0 Å². The van der Waals surface area contributed by atoms with Gasteiger partial charge in [-0.2, -0.15) is 0 Å². The van der Waals surface area contributed by atoms with Crippen LogP contribution in [0.3, 0.4) is 0 Å². The van der Waals surface area contributed by atoms with Crippen molar-refractivity contribution in [3.05, 3.63) is 35.9 Å². The lowest BCUT2D eigenvalue weighted by molar-refractivity contribution is 0.926. The van der Waals surface area contributed by atoms with Gasteiger partial charge in [-0.3, -0.25) is 4.99 Å². The van der Waals surface area contributed by atoms with Crippen molar-refractivity contribution in [2.45, 2.75) is 26.7 Å². The number of benzene rings is 1. The summed E-state index contributed by atoms with van der Waals surface area (Å²) in [5, 5.41) is 0. The van der Waals surface area contributed by atoms with Gasteiger partial charge in [-0.05, 0) is 18.9 Å². The molecule has 0 fully saturated rings. The van der Waals surface area contributed by atoms with Crippen LogP contribution >= 0.6 is 0 Å². The van der Waals surface area contributed by atoms with E-state index < -0.39 is 0 Å². The predicted molar refractivity (Wildman–Crippen MR) is 58.4 cm³/mol. The van der Waals surface area contributed by atoms with Gasteiger partial charge in [-0.25, -0.2) is 0 Å². The van der Waals surface area contributed by atoms with E-state index in [2.05, 4.69) is 43.1 Å². The number of hydrogen-bond donors (Lipinski definition) is 0. The van der Waals surface area contributed by atoms with E-state index in [4.69, 9.17) is 0 Å². The number of nitrogens with zero attached hydrogens (tertiary/aromatic N) is 1. The van der Waals surface area contributed by atoms with Gasteiger partial charge in [0.05, 0.1) is 0 Å². The summed E-state index contributed by atoms with van der Waals surface area (Å²) >= 11 is 0. The second kappa shape index (κ2) is 5.52. The van der Waals surface area contributed by atoms with Crippen LogP contribution in [0.4, 0.5) is 0 Å². The van der Waals surface area contributed by atoms with E-state index in [0.717, 1.165) is 19.4 Å². The normalized spacial score (nSPS) is 11.7. The number of rotatable bonds is 4. The third kappa shape index (κ3) is 3.88. The van der Waals surface area contributed by atoms with Gasteiger partial charge in [0.25, 0.3) is 0 Å². The smallest absolute Gasteiger partial charge is 0.0386 e. The monoisotopic (exact) mass is 175 g/mol. The highest BCUT2D eigenvalue weighted by molar-refractivity contribution is 5.84. The zero-order chi connectivity index (χ0) is 9.52. The van der Waals surface area contributed by atoms with Gasteiger partial charge in [0.1, 0.15) is 0 Å². The van der Waals surface area contributed by atoms with Crippen LogP contribution in [0.2, 0.25) is 0 Å². The molecule has 0 saturated heterocycles. The summed E-state index contributed by atoms with van der Waals surface area (Å²) in [4.78, 5) is 4.45. The molecule has 0 saturated carbocycles. The summed E-state index contributed by atoms with van der Waals surface area (Å²) in [5.41, 5.74) is 2.58. The van der Waals surface area contributed by atoms with Crippen LogP contribution in [0.5, 0.6) is 0 Å². The molecular weight excluding hydrogens is 158 g/mol. The second-order valence-corrected chi connectivity index (χ2v) is 3.28. The first-order chi connectivity index (χ1) is 6.33. The lowest BCUT2D eigenvalue weighted by Crippen LogP contribution is -1.98. The second-order valence-electron chi connectivity index (χ2n) is 3.28. The number of hydrogen-bond acceptors (Lipinski definition) is 1. The Morgan fingerprint density at radius 1 is 1.23 bits per heavy atom. The van der Waals surface area contributed by atoms with E-state index in [1.165, 1.54) is 11.3 Å². The van der Waals surface area contributed by atoms with Crippen molar-refractivity contribution in [2.24, 2.45) is 4.99 Å². The Balaban J connectivity index is 2.50. The van der Waals surface area contributed by atoms with Crippen LogP contribution in [-0.4, -0.2) is 12.3 Å². The highest BCUT2D eigenvalue weighted by Gasteiger charge is 1.93. The zero-order valence-electron chi connectivity index (χ0n) is 8.46. The quantitative estimate of drug-likeness (QED) is 0.623. The zero-order valence-corrected chi connectivity index (χ0v) is 8.46. The molecule has 1 heteroatoms. The van der Waals surface area contributed by atoms with Crippen molar-refractivity contribution in [1.82, 2.24) is 0 Å². The molecule has 70 valence electrons. The summed E-state index contributed by atoms with van der Waals surface area (Å²) in [7, 11) is 0. The average molecular weight is 175 g/mol. The molecule has 1 nitrogen and oxygen atoms in total. The Kier molecular flexibility index (Phi) is 4.24. The molecule has 1 rings (SSSR count). The molecule has 1 aromatic rings. The standard InChI is InChI=1S/C12H17N/c1-3-9-13-11(2)10-12-7-5-4-6-8-12/h4-8H,3,9-10H2,1-2H3. The van der Waals surface area contributed by atoms with Crippen LogP contribution in [0, 0.1) is 0 Å². The third-order valence-corrected chi connectivity index (χ3v) is 1.91. The topological polar surface area (TPSA) is 12.4 Å². The van der Waals surface area contributed by atoms with E-state index in [9.17, 15) is 0 Å². The molecule has 0 bridgehead atoms. The van der Waals surface area contributed by atoms with Crippen molar-refractivity contribution < 1.29 is 0 Å². The van der Waals surface area contributed by atoms with Crippen LogP contribution in [0.1, 0.15) is 25.8 Å². The van der Waals surface area contributed by atoms with Gasteiger partial charge >= 0.3 is 0 Å². The predicted octanol–water partition coefficient (Wildman–Crippen LogP) is 3.10. The molecule has 0 spiro atoms. The maximum atomic E-state index is 4.45. The SMILES string of the molecule is CCCN=C(C)Cc1ccccc1. The fourth-order valence-corrected chi connectivity index (χ4v) is 1.25. The van der Waals surface area contributed by atoms with Gasteiger partial charge in [0.15, 0.2) is 0 Å². The van der Waals surface area contributed by atoms with Crippen molar-refractivity contribution in [2.75, 3.05) is 6.54 Å². The van der Waals surface area contributed by atoms with Gasteiger partial charge in [0, 0.05) is 18.7 Å². The lowest BCUT2D eigenvalue weighted by atomic mass is 10.1. The summed E-state index contributed by atoms with van der Waals surface area (Å²) in [5.74, 6) is 0. The maximum absolute atomic E-state index is 4.45. The molecule has 1 aromatic carbocycles. The van der Waals surface area contributed by atoms with Crippen LogP contribution in [0.15, 0.2) is 35.3 Å². The largest absolute Gasteiger partial charge is 0.294 e. The third-order valence-electron chi connectivity index (χ3n) is 1.91. The Morgan fingerprint density at radius 2 is 1.92 bits per heavy atom. The van der Waals surface area contributed by atoms with Crippen molar-refractivity contribution in [1.29, 1.82) is 0 Å². The van der Waals surface area contributed by atoms with Gasteiger partial charge in [-0.15, -0.1) is 0 Å². The summed E-state index contributed by atoms with van der Waals surface area (Å²) < 4.78 is 0. The van der Waals surface area contributed by atoms with Crippen molar-refractivity contribution in [3.8, 4) is 0 Å². The minimum absolute atomic E-state index is 0.957. The minimum Gasteiger partial charge on any atom is -0.294 e. The summed E-state index contributed by atoms with van der Waals surface area (Å²) in [6.07, 6.45) is 2.12. The van der Waals surface area contributed by atoms with Gasteiger partial charge < -0.3 is 0 Å². The maximum Gasteiger partial charge on any atom is 0.0386 e. The van der Waals surface area contributed by atoms with E-state index >= 15 is 0 Å². The molecule has 0 aliphatic carbocycles. The van der Waals surface area contributed by atoms with Crippen molar-refractivity contribution in [3.63, 3.8) is 0 Å². The van der Waals surface area contributed by atoms with Crippen LogP contribution < -0.4 is 0 Å². The highest BCUT2D eigenvalue weighted by Crippen LogP contribution is 2.00. The Morgan fingerprint density at radius 3 is 2.54 bits per heavy atom. The van der Waals surface area contributed by atoms with Gasteiger partial charge in [-0.1, -0.05) is 37.3 Å². The first kappa shape index (κ1) is 9.97. The first-order valence-corrected chi connectivity index (χ1v) is 4.86. The molecule has 0 atom stereocenters. The molecule has 0 aromatic heterocycles. The lowest BCUT2D eigenvalue weighted by Gasteiger charge is -2.00. The molecular formula is C12H17N. The Labute approximate surface area is 80.5 Å². The molecule has 0 amide bonds. The molecule has 0 heterocycles. The fraction of sp³-hybridized carbons (Fsp3) is 0.417. The summed E-state index contributed by atoms with van der Waals surface area (Å²) in [6.45, 7) is 5.21. The Hall–Kier alpha value is -1.11. The van der Waals surface area contributed by atoms with E-state index in [1.807, 2.05) is 6.07 Å². The molecule has 0 aliphatic rings. The summed E-state index contributed by atoms with van der Waals surface area (Å²) in [6, 6.07) is 10.5. The van der Waals surface area contributed by atoms with E-state index in [-0.39, 0.29) is 0 Å². The highest BCUT2D eigenvalue weighted by atomic mass is 14.7. The molecule has 0 radical (unpaired) electrons. The van der Waals surface area contributed by atoms with Crippen molar-refractivity contribution >= 4 is 5.71 Å².